The van der Waals surface area contributed by atoms with E-state index in [9.17, 15) is 9.59 Å². The molecule has 7 heteroatoms. The smallest absolute Gasteiger partial charge is 0.359 e. The van der Waals surface area contributed by atoms with Crippen molar-refractivity contribution in [3.63, 3.8) is 0 Å². The van der Waals surface area contributed by atoms with Crippen molar-refractivity contribution in [2.45, 2.75) is 23.3 Å². The number of carbonyl (C=O) groups excluding carboxylic acids is 2. The molecule has 1 amide bonds. The van der Waals surface area contributed by atoms with Gasteiger partial charge in [-0.15, -0.1) is 11.8 Å². The summed E-state index contributed by atoms with van der Waals surface area (Å²) in [7, 11) is 1.44. The minimum absolute atomic E-state index is 0.104. The van der Waals surface area contributed by atoms with E-state index < -0.39 is 17.4 Å². The minimum atomic E-state index is -0.622. The Morgan fingerprint density at radius 3 is 2.18 bits per heavy atom. The number of amides is 1. The van der Waals surface area contributed by atoms with Gasteiger partial charge in [0.05, 0.1) is 18.9 Å². The summed E-state index contributed by atoms with van der Waals surface area (Å²) in [5.74, 6) is -0.496. The number of hydrogen-bond acceptors (Lipinski definition) is 6. The molecule has 0 radical (unpaired) electrons. The lowest BCUT2D eigenvalue weighted by atomic mass is 10.0. The van der Waals surface area contributed by atoms with Crippen LogP contribution < -0.4 is 5.73 Å². The average molecular weight is 396 g/mol. The molecule has 1 saturated heterocycles. The van der Waals surface area contributed by atoms with Crippen LogP contribution in [-0.2, 0) is 19.1 Å². The third-order valence-corrected chi connectivity index (χ3v) is 5.98. The molecule has 2 atom stereocenters. The minimum Gasteiger partial charge on any atom is -0.496 e. The second-order valence-corrected chi connectivity index (χ2v) is 7.83. The summed E-state index contributed by atoms with van der Waals surface area (Å²) in [5, 5.41) is -0.676. The van der Waals surface area contributed by atoms with Gasteiger partial charge in [-0.3, -0.25) is 9.69 Å². The Morgan fingerprint density at radius 2 is 1.68 bits per heavy atom. The number of benzene rings is 2. The van der Waals surface area contributed by atoms with Crippen LogP contribution in [0.5, 0.6) is 0 Å². The number of β-lactam (4-membered cyclic amide) rings is 1. The number of nitrogens with two attached hydrogens (primary N) is 1. The van der Waals surface area contributed by atoms with Gasteiger partial charge in [0, 0.05) is 0 Å². The normalized spacial score (nSPS) is 21.2. The molecule has 4 rings (SSSR count). The molecule has 0 saturated carbocycles. The number of methoxy groups -OCH3 is 1. The molecule has 1 fully saturated rings. The van der Waals surface area contributed by atoms with E-state index in [1.54, 1.807) is 0 Å². The van der Waals surface area contributed by atoms with Gasteiger partial charge in [-0.25, -0.2) is 4.79 Å². The Morgan fingerprint density at radius 1 is 1.11 bits per heavy atom. The van der Waals surface area contributed by atoms with Gasteiger partial charge in [0.25, 0.3) is 0 Å². The third-order valence-electron chi connectivity index (χ3n) is 4.79. The van der Waals surface area contributed by atoms with Gasteiger partial charge < -0.3 is 15.2 Å². The fourth-order valence-corrected chi connectivity index (χ4v) is 4.66. The molecule has 2 heterocycles. The summed E-state index contributed by atoms with van der Waals surface area (Å²) >= 11 is 1.40. The monoisotopic (exact) mass is 396 g/mol. The van der Waals surface area contributed by atoms with E-state index in [1.807, 2.05) is 60.7 Å². The van der Waals surface area contributed by atoms with Crippen LogP contribution >= 0.6 is 11.8 Å². The fourth-order valence-electron chi connectivity index (χ4n) is 3.41. The van der Waals surface area contributed by atoms with Crippen LogP contribution in [0.3, 0.4) is 0 Å². The third kappa shape index (κ3) is 3.27. The van der Waals surface area contributed by atoms with Crippen LogP contribution in [-0.4, -0.2) is 34.6 Å². The molecular formula is C21H20N2O4S. The zero-order chi connectivity index (χ0) is 19.7. The average Bonchev–Trinajstić information content (AvgIpc) is 2.72. The maximum absolute atomic E-state index is 13.2. The first-order chi connectivity index (χ1) is 13.6. The molecule has 2 aliphatic heterocycles. The van der Waals surface area contributed by atoms with Crippen molar-refractivity contribution < 1.29 is 19.1 Å². The van der Waals surface area contributed by atoms with Gasteiger partial charge in [-0.2, -0.15) is 0 Å². The van der Waals surface area contributed by atoms with Gasteiger partial charge in [-0.05, 0) is 11.1 Å². The van der Waals surface area contributed by atoms with Gasteiger partial charge in [-0.1, -0.05) is 60.7 Å². The van der Waals surface area contributed by atoms with Gasteiger partial charge in [0.2, 0.25) is 5.91 Å². The zero-order valence-electron chi connectivity index (χ0n) is 15.3. The number of hydrogen-bond donors (Lipinski definition) is 1. The van der Waals surface area contributed by atoms with E-state index in [4.69, 9.17) is 15.2 Å². The first-order valence-corrected chi connectivity index (χ1v) is 9.86. The molecule has 0 aliphatic carbocycles. The number of rotatable bonds is 5. The van der Waals surface area contributed by atoms with Crippen molar-refractivity contribution in [3.05, 3.63) is 83.2 Å². The lowest BCUT2D eigenvalue weighted by Gasteiger charge is -2.45. The van der Waals surface area contributed by atoms with E-state index in [0.717, 1.165) is 11.1 Å². The highest BCUT2D eigenvalue weighted by atomic mass is 32.2. The van der Waals surface area contributed by atoms with E-state index in [-0.39, 0.29) is 22.7 Å². The molecule has 144 valence electrons. The highest BCUT2D eigenvalue weighted by molar-refractivity contribution is 8.00. The molecule has 0 spiro atoms. The number of fused-ring (bicyclic) bond motifs is 1. The van der Waals surface area contributed by atoms with Crippen LogP contribution in [0.1, 0.15) is 23.7 Å². The summed E-state index contributed by atoms with van der Waals surface area (Å²) in [6.45, 7) is 0. The van der Waals surface area contributed by atoms with Crippen molar-refractivity contribution in [1.29, 1.82) is 0 Å². The van der Waals surface area contributed by atoms with Crippen LogP contribution in [0.25, 0.3) is 0 Å². The highest BCUT2D eigenvalue weighted by Crippen LogP contribution is 2.43. The van der Waals surface area contributed by atoms with E-state index in [2.05, 4.69) is 0 Å². The molecule has 0 aromatic heterocycles. The lowest BCUT2D eigenvalue weighted by molar-refractivity contribution is -0.152. The Kier molecular flexibility index (Phi) is 5.11. The molecule has 1 unspecified atom stereocenters. The van der Waals surface area contributed by atoms with Crippen LogP contribution in [0.2, 0.25) is 0 Å². The Hall–Kier alpha value is -2.77. The van der Waals surface area contributed by atoms with Crippen molar-refractivity contribution >= 4 is 23.6 Å². The first-order valence-electron chi connectivity index (χ1n) is 8.92. The SMILES string of the molecule is COC1=C(C(=O)OC(c2ccccc2)c2ccccc2)N2C(=O)C[C@H]2SC1N. The van der Waals surface area contributed by atoms with Crippen LogP contribution in [0, 0.1) is 0 Å². The number of esters is 1. The Labute approximate surface area is 167 Å². The summed E-state index contributed by atoms with van der Waals surface area (Å²) in [5.41, 5.74) is 7.91. The van der Waals surface area contributed by atoms with E-state index in [1.165, 1.54) is 23.8 Å². The molecule has 28 heavy (non-hydrogen) atoms. The summed E-state index contributed by atoms with van der Waals surface area (Å²) in [4.78, 5) is 26.8. The zero-order valence-corrected chi connectivity index (χ0v) is 16.1. The lowest BCUT2D eigenvalue weighted by Crippen LogP contribution is -2.56. The van der Waals surface area contributed by atoms with E-state index >= 15 is 0 Å². The molecular weight excluding hydrogens is 376 g/mol. The summed E-state index contributed by atoms with van der Waals surface area (Å²) < 4.78 is 11.3. The maximum atomic E-state index is 13.2. The van der Waals surface area contributed by atoms with Crippen molar-refractivity contribution in [3.8, 4) is 0 Å². The molecule has 0 bridgehead atoms. The molecule has 2 aliphatic rings. The number of nitrogens with zero attached hydrogens (tertiary/aromatic N) is 1. The summed E-state index contributed by atoms with van der Waals surface area (Å²) in [6, 6.07) is 19.0. The fraction of sp³-hybridized carbons (Fsp3) is 0.238. The van der Waals surface area contributed by atoms with Crippen molar-refractivity contribution in [2.75, 3.05) is 7.11 Å². The standard InChI is InChI=1S/C21H20N2O4S/c1-26-19-17(23-15(24)12-16(23)28-20(19)22)21(25)27-18(13-8-4-2-5-9-13)14-10-6-3-7-11-14/h2-11,16,18,20H,12,22H2,1H3/t16-,20?/m1/s1. The first kappa shape index (κ1) is 18.6. The van der Waals surface area contributed by atoms with Gasteiger partial charge >= 0.3 is 5.97 Å². The van der Waals surface area contributed by atoms with Crippen LogP contribution in [0.4, 0.5) is 0 Å². The van der Waals surface area contributed by atoms with Crippen LogP contribution in [0.15, 0.2) is 72.1 Å². The van der Waals surface area contributed by atoms with E-state index in [0.29, 0.717) is 6.42 Å². The molecule has 2 N–H and O–H groups in total. The molecule has 6 nitrogen and oxygen atoms in total. The van der Waals surface area contributed by atoms with Crippen molar-refractivity contribution in [1.82, 2.24) is 4.90 Å². The number of carbonyl (C=O) groups is 2. The predicted molar refractivity (Wildman–Crippen MR) is 106 cm³/mol. The largest absolute Gasteiger partial charge is 0.496 e. The van der Waals surface area contributed by atoms with Crippen molar-refractivity contribution in [2.24, 2.45) is 5.73 Å². The number of ether oxygens (including phenoxy) is 2. The quantitative estimate of drug-likeness (QED) is 0.618. The second kappa shape index (κ2) is 7.69. The highest BCUT2D eigenvalue weighted by Gasteiger charge is 2.49. The van der Waals surface area contributed by atoms with Gasteiger partial charge in [0.1, 0.15) is 5.37 Å². The topological polar surface area (TPSA) is 81.9 Å². The maximum Gasteiger partial charge on any atom is 0.359 e. The number of thioether (sulfide) groups is 1. The second-order valence-electron chi connectivity index (χ2n) is 6.50. The summed E-state index contributed by atoms with van der Waals surface area (Å²) in [6.07, 6.45) is -0.256. The molecule has 2 aromatic carbocycles. The Bertz CT molecular complexity index is 877. The Balaban J connectivity index is 1.70. The predicted octanol–water partition coefficient (Wildman–Crippen LogP) is 2.77. The van der Waals surface area contributed by atoms with Gasteiger partial charge in [0.15, 0.2) is 17.6 Å². The molecule has 2 aromatic rings.